The molecular formula is C12H16IN3O. The number of rotatable bonds is 1. The molecule has 17 heavy (non-hydrogen) atoms. The third-order valence-electron chi connectivity index (χ3n) is 3.01. The van der Waals surface area contributed by atoms with E-state index in [1.54, 1.807) is 7.05 Å². The molecule has 0 saturated heterocycles. The van der Waals surface area contributed by atoms with Crippen molar-refractivity contribution in [2.45, 2.75) is 13.8 Å². The van der Waals surface area contributed by atoms with E-state index in [9.17, 15) is 4.79 Å². The first-order chi connectivity index (χ1) is 7.57. The zero-order chi connectivity index (χ0) is 11.9. The van der Waals surface area contributed by atoms with Crippen LogP contribution >= 0.6 is 0 Å². The number of fused-ring (bicyclic) bond motifs is 1. The number of amides is 1. The molecule has 1 amide bonds. The highest BCUT2D eigenvalue weighted by Crippen LogP contribution is 2.11. The van der Waals surface area contributed by atoms with E-state index in [2.05, 4.69) is 5.32 Å². The molecule has 0 bridgehead atoms. The van der Waals surface area contributed by atoms with Crippen LogP contribution in [0.5, 0.6) is 0 Å². The summed E-state index contributed by atoms with van der Waals surface area (Å²) in [7, 11) is 3.63. The van der Waals surface area contributed by atoms with Gasteiger partial charge in [0.15, 0.2) is 5.69 Å². The number of aromatic nitrogens is 2. The summed E-state index contributed by atoms with van der Waals surface area (Å²) in [6, 6.07) is 4.00. The zero-order valence-corrected chi connectivity index (χ0v) is 12.6. The van der Waals surface area contributed by atoms with Crippen molar-refractivity contribution in [3.05, 3.63) is 35.3 Å². The summed E-state index contributed by atoms with van der Waals surface area (Å²) in [6.07, 6.45) is 1.92. The Morgan fingerprint density at radius 2 is 2.06 bits per heavy atom. The molecule has 0 atom stereocenters. The number of imidazole rings is 1. The number of hydrogen-bond donors (Lipinski definition) is 1. The molecule has 5 heteroatoms. The summed E-state index contributed by atoms with van der Waals surface area (Å²) in [5.41, 5.74) is 3.87. The number of nitrogens with one attached hydrogen (secondary N) is 1. The SMILES string of the molecule is CNC(=O)c1c(C)n(C)c2c(C)ccc[n+]12.[I-]. The van der Waals surface area contributed by atoms with Gasteiger partial charge in [0, 0.05) is 19.5 Å². The lowest BCUT2D eigenvalue weighted by Gasteiger charge is -1.95. The average Bonchev–Trinajstić information content (AvgIpc) is 2.52. The Balaban J connectivity index is 0.00000144. The topological polar surface area (TPSA) is 38.1 Å². The van der Waals surface area contributed by atoms with Gasteiger partial charge >= 0.3 is 0 Å². The van der Waals surface area contributed by atoms with Crippen molar-refractivity contribution in [2.75, 3.05) is 7.05 Å². The highest BCUT2D eigenvalue weighted by atomic mass is 127. The fourth-order valence-electron chi connectivity index (χ4n) is 2.10. The lowest BCUT2D eigenvalue weighted by Crippen LogP contribution is -3.00. The Kier molecular flexibility index (Phi) is 4.13. The van der Waals surface area contributed by atoms with Crippen molar-refractivity contribution < 1.29 is 33.2 Å². The minimum absolute atomic E-state index is 0. The number of carbonyl (C=O) groups is 1. The van der Waals surface area contributed by atoms with Gasteiger partial charge in [-0.15, -0.1) is 0 Å². The molecule has 1 N–H and O–H groups in total. The van der Waals surface area contributed by atoms with E-state index in [1.165, 1.54) is 0 Å². The normalized spacial score (nSPS) is 10.1. The molecule has 2 aromatic heterocycles. The largest absolute Gasteiger partial charge is 1.00 e. The number of pyridine rings is 1. The maximum absolute atomic E-state index is 11.8. The summed E-state index contributed by atoms with van der Waals surface area (Å²) >= 11 is 0. The first-order valence-corrected chi connectivity index (χ1v) is 5.26. The van der Waals surface area contributed by atoms with Crippen molar-refractivity contribution in [2.24, 2.45) is 7.05 Å². The molecule has 0 aromatic carbocycles. The van der Waals surface area contributed by atoms with Crippen LogP contribution in [0.2, 0.25) is 0 Å². The van der Waals surface area contributed by atoms with E-state index in [0.29, 0.717) is 5.69 Å². The van der Waals surface area contributed by atoms with Crippen molar-refractivity contribution in [3.8, 4) is 0 Å². The van der Waals surface area contributed by atoms with Gasteiger partial charge in [0.25, 0.3) is 11.6 Å². The van der Waals surface area contributed by atoms with Gasteiger partial charge in [-0.05, 0) is 19.1 Å². The third-order valence-corrected chi connectivity index (χ3v) is 3.01. The standard InChI is InChI=1S/C12H15N3O.HI/c1-8-6-5-7-15-10(11(16)13-3)9(2)14(4)12(8)15;/h5-7H,1-4H3;1H. The summed E-state index contributed by atoms with van der Waals surface area (Å²) in [5, 5.41) is 2.67. The van der Waals surface area contributed by atoms with E-state index in [-0.39, 0.29) is 29.9 Å². The quantitative estimate of drug-likeness (QED) is 0.460. The van der Waals surface area contributed by atoms with Crippen LogP contribution < -0.4 is 33.7 Å². The van der Waals surface area contributed by atoms with Crippen molar-refractivity contribution in [1.82, 2.24) is 9.88 Å². The number of nitrogens with zero attached hydrogens (tertiary/aromatic N) is 2. The number of hydrogen-bond acceptors (Lipinski definition) is 1. The monoisotopic (exact) mass is 345 g/mol. The molecule has 0 spiro atoms. The van der Waals surface area contributed by atoms with E-state index < -0.39 is 0 Å². The Morgan fingerprint density at radius 3 is 2.65 bits per heavy atom. The number of aryl methyl sites for hydroxylation is 2. The highest BCUT2D eigenvalue weighted by molar-refractivity contribution is 5.92. The predicted molar refractivity (Wildman–Crippen MR) is 61.4 cm³/mol. The predicted octanol–water partition coefficient (Wildman–Crippen LogP) is -2.26. The van der Waals surface area contributed by atoms with Crippen LogP contribution in [0.1, 0.15) is 21.7 Å². The number of carbonyl (C=O) groups excluding carboxylic acids is 1. The van der Waals surface area contributed by atoms with Crippen LogP contribution in [0.15, 0.2) is 18.3 Å². The Bertz CT molecular complexity index is 575. The first kappa shape index (κ1) is 14.0. The molecule has 2 aromatic rings. The van der Waals surface area contributed by atoms with Crippen LogP contribution in [0.3, 0.4) is 0 Å². The number of halogens is 1. The molecule has 92 valence electrons. The molecule has 0 fully saturated rings. The van der Waals surface area contributed by atoms with E-state index in [1.807, 2.05) is 48.2 Å². The van der Waals surface area contributed by atoms with Crippen LogP contribution in [0, 0.1) is 13.8 Å². The van der Waals surface area contributed by atoms with E-state index in [0.717, 1.165) is 16.9 Å². The van der Waals surface area contributed by atoms with Crippen molar-refractivity contribution in [3.63, 3.8) is 0 Å². The summed E-state index contributed by atoms with van der Waals surface area (Å²) in [5.74, 6) is -0.0568. The second kappa shape index (κ2) is 5.03. The second-order valence-electron chi connectivity index (χ2n) is 3.96. The van der Waals surface area contributed by atoms with Gasteiger partial charge in [0.2, 0.25) is 5.69 Å². The Labute approximate surface area is 118 Å². The third kappa shape index (κ3) is 2.03. The van der Waals surface area contributed by atoms with Crippen LogP contribution in [0.25, 0.3) is 5.65 Å². The molecule has 2 heterocycles. The Hall–Kier alpha value is -1.11. The summed E-state index contributed by atoms with van der Waals surface area (Å²) in [6.45, 7) is 4.00. The fraction of sp³-hybridized carbons (Fsp3) is 0.333. The lowest BCUT2D eigenvalue weighted by molar-refractivity contribution is -0.514. The molecule has 0 aliphatic rings. The van der Waals surface area contributed by atoms with Gasteiger partial charge in [0.1, 0.15) is 0 Å². The van der Waals surface area contributed by atoms with Gasteiger partial charge in [-0.25, -0.2) is 4.57 Å². The maximum Gasteiger partial charge on any atom is 0.295 e. The van der Waals surface area contributed by atoms with Crippen molar-refractivity contribution in [1.29, 1.82) is 0 Å². The van der Waals surface area contributed by atoms with Crippen LogP contribution in [-0.4, -0.2) is 17.5 Å². The summed E-state index contributed by atoms with van der Waals surface area (Å²) in [4.78, 5) is 11.8. The summed E-state index contributed by atoms with van der Waals surface area (Å²) < 4.78 is 3.98. The van der Waals surface area contributed by atoms with Crippen LogP contribution in [0.4, 0.5) is 0 Å². The van der Waals surface area contributed by atoms with E-state index in [4.69, 9.17) is 0 Å². The molecule has 2 rings (SSSR count). The average molecular weight is 345 g/mol. The molecule has 0 aliphatic heterocycles. The van der Waals surface area contributed by atoms with Gasteiger partial charge in [0.05, 0.1) is 13.2 Å². The van der Waals surface area contributed by atoms with Gasteiger partial charge in [-0.3, -0.25) is 4.79 Å². The van der Waals surface area contributed by atoms with Gasteiger partial charge in [-0.1, -0.05) is 0 Å². The molecule has 0 saturated carbocycles. The Morgan fingerprint density at radius 1 is 1.41 bits per heavy atom. The lowest BCUT2D eigenvalue weighted by atomic mass is 10.3. The molecular weight excluding hydrogens is 329 g/mol. The van der Waals surface area contributed by atoms with Gasteiger partial charge in [-0.2, -0.15) is 4.40 Å². The maximum atomic E-state index is 11.8. The second-order valence-corrected chi connectivity index (χ2v) is 3.96. The van der Waals surface area contributed by atoms with Crippen molar-refractivity contribution >= 4 is 11.6 Å². The van der Waals surface area contributed by atoms with Gasteiger partial charge < -0.3 is 29.3 Å². The van der Waals surface area contributed by atoms with E-state index >= 15 is 0 Å². The highest BCUT2D eigenvalue weighted by Gasteiger charge is 2.25. The molecule has 4 nitrogen and oxygen atoms in total. The smallest absolute Gasteiger partial charge is 0.295 e. The van der Waals surface area contributed by atoms with Crippen LogP contribution in [-0.2, 0) is 7.05 Å². The minimum Gasteiger partial charge on any atom is -1.00 e. The molecule has 0 aliphatic carbocycles. The zero-order valence-electron chi connectivity index (χ0n) is 10.4. The molecule has 0 radical (unpaired) electrons. The molecule has 0 unspecified atom stereocenters. The minimum atomic E-state index is -0.0568. The first-order valence-electron chi connectivity index (χ1n) is 5.26. The fourth-order valence-corrected chi connectivity index (χ4v) is 2.10.